The number of amides is 2. The molecule has 1 heterocycles. The maximum absolute atomic E-state index is 12.4. The van der Waals surface area contributed by atoms with Crippen molar-refractivity contribution < 1.29 is 9.59 Å². The second-order valence-corrected chi connectivity index (χ2v) is 7.42. The third kappa shape index (κ3) is 5.92. The molecule has 0 bridgehead atoms. The SMILES string of the molecule is C[C@@H](NC(=O)CCN1CCC(C(=O)Nc2ccccc2)CC1)c1ccccc1. The third-order valence-corrected chi connectivity index (χ3v) is 5.33. The van der Waals surface area contributed by atoms with E-state index in [4.69, 9.17) is 0 Å². The summed E-state index contributed by atoms with van der Waals surface area (Å²) < 4.78 is 0. The van der Waals surface area contributed by atoms with E-state index in [2.05, 4.69) is 15.5 Å². The van der Waals surface area contributed by atoms with Crippen LogP contribution in [0.2, 0.25) is 0 Å². The second kappa shape index (κ2) is 10.0. The smallest absolute Gasteiger partial charge is 0.227 e. The Balaban J connectivity index is 1.36. The van der Waals surface area contributed by atoms with E-state index in [1.165, 1.54) is 0 Å². The Hall–Kier alpha value is -2.66. The Kier molecular flexibility index (Phi) is 7.20. The predicted molar refractivity (Wildman–Crippen MR) is 112 cm³/mol. The van der Waals surface area contributed by atoms with E-state index in [9.17, 15) is 9.59 Å². The Morgan fingerprint density at radius 2 is 1.61 bits per heavy atom. The van der Waals surface area contributed by atoms with Gasteiger partial charge in [-0.15, -0.1) is 0 Å². The van der Waals surface area contributed by atoms with Gasteiger partial charge in [-0.3, -0.25) is 9.59 Å². The van der Waals surface area contributed by atoms with Gasteiger partial charge >= 0.3 is 0 Å². The van der Waals surface area contributed by atoms with E-state index in [1.54, 1.807) is 0 Å². The molecule has 2 aromatic carbocycles. The average Bonchev–Trinajstić information content (AvgIpc) is 2.74. The molecule has 1 aliphatic rings. The maximum Gasteiger partial charge on any atom is 0.227 e. The molecule has 0 radical (unpaired) electrons. The monoisotopic (exact) mass is 379 g/mol. The van der Waals surface area contributed by atoms with Crippen molar-refractivity contribution in [2.24, 2.45) is 5.92 Å². The van der Waals surface area contributed by atoms with Crippen LogP contribution in [0, 0.1) is 5.92 Å². The number of anilines is 1. The molecule has 1 saturated heterocycles. The van der Waals surface area contributed by atoms with Crippen molar-refractivity contribution in [1.82, 2.24) is 10.2 Å². The van der Waals surface area contributed by atoms with Gasteiger partial charge in [0, 0.05) is 24.6 Å². The molecule has 3 rings (SSSR count). The van der Waals surface area contributed by atoms with Crippen LogP contribution in [-0.4, -0.2) is 36.3 Å². The number of nitrogens with zero attached hydrogens (tertiary/aromatic N) is 1. The van der Waals surface area contributed by atoms with Crippen molar-refractivity contribution in [1.29, 1.82) is 0 Å². The lowest BCUT2D eigenvalue weighted by Gasteiger charge is -2.31. The van der Waals surface area contributed by atoms with Gasteiger partial charge in [-0.05, 0) is 50.6 Å². The Labute approximate surface area is 167 Å². The summed E-state index contributed by atoms with van der Waals surface area (Å²) in [6.07, 6.45) is 2.15. The van der Waals surface area contributed by atoms with Gasteiger partial charge in [0.2, 0.25) is 11.8 Å². The number of piperidine rings is 1. The Morgan fingerprint density at radius 1 is 1.00 bits per heavy atom. The summed E-state index contributed by atoms with van der Waals surface area (Å²) in [4.78, 5) is 26.9. The number of para-hydroxylation sites is 1. The van der Waals surface area contributed by atoms with Crippen molar-refractivity contribution in [3.8, 4) is 0 Å². The molecule has 0 aromatic heterocycles. The Bertz CT molecular complexity index is 756. The summed E-state index contributed by atoms with van der Waals surface area (Å²) in [5, 5.41) is 6.05. The van der Waals surface area contributed by atoms with Crippen molar-refractivity contribution in [3.05, 3.63) is 66.2 Å². The van der Waals surface area contributed by atoms with E-state index in [0.717, 1.165) is 43.7 Å². The lowest BCUT2D eigenvalue weighted by atomic mass is 9.95. The largest absolute Gasteiger partial charge is 0.350 e. The normalized spacial score (nSPS) is 16.3. The summed E-state index contributed by atoms with van der Waals surface area (Å²) >= 11 is 0. The number of carbonyl (C=O) groups is 2. The summed E-state index contributed by atoms with van der Waals surface area (Å²) in [7, 11) is 0. The van der Waals surface area contributed by atoms with Crippen molar-refractivity contribution in [2.45, 2.75) is 32.2 Å². The van der Waals surface area contributed by atoms with Gasteiger partial charge in [0.15, 0.2) is 0 Å². The van der Waals surface area contributed by atoms with E-state index in [1.807, 2.05) is 67.6 Å². The molecule has 28 heavy (non-hydrogen) atoms. The second-order valence-electron chi connectivity index (χ2n) is 7.42. The quantitative estimate of drug-likeness (QED) is 0.773. The molecule has 5 heteroatoms. The first-order valence-corrected chi connectivity index (χ1v) is 10.0. The fraction of sp³-hybridized carbons (Fsp3) is 0.391. The van der Waals surface area contributed by atoms with Crippen LogP contribution in [0.15, 0.2) is 60.7 Å². The molecule has 2 amide bonds. The topological polar surface area (TPSA) is 61.4 Å². The van der Waals surface area contributed by atoms with Crippen LogP contribution < -0.4 is 10.6 Å². The molecule has 1 aliphatic heterocycles. The number of hydrogen-bond donors (Lipinski definition) is 2. The third-order valence-electron chi connectivity index (χ3n) is 5.33. The molecule has 1 fully saturated rings. The highest BCUT2D eigenvalue weighted by Gasteiger charge is 2.25. The van der Waals surface area contributed by atoms with Crippen LogP contribution in [0.25, 0.3) is 0 Å². The number of likely N-dealkylation sites (tertiary alicyclic amines) is 1. The van der Waals surface area contributed by atoms with Crippen LogP contribution in [0.3, 0.4) is 0 Å². The fourth-order valence-corrected chi connectivity index (χ4v) is 3.58. The lowest BCUT2D eigenvalue weighted by molar-refractivity contribution is -0.123. The van der Waals surface area contributed by atoms with Crippen LogP contribution in [0.5, 0.6) is 0 Å². The highest BCUT2D eigenvalue weighted by molar-refractivity contribution is 5.92. The molecule has 0 saturated carbocycles. The zero-order valence-corrected chi connectivity index (χ0v) is 16.4. The number of hydrogen-bond acceptors (Lipinski definition) is 3. The molecule has 1 atom stereocenters. The van der Waals surface area contributed by atoms with Gasteiger partial charge in [0.05, 0.1) is 6.04 Å². The van der Waals surface area contributed by atoms with E-state index in [0.29, 0.717) is 6.42 Å². The molecule has 2 aromatic rings. The average molecular weight is 380 g/mol. The minimum absolute atomic E-state index is 0.0149. The summed E-state index contributed by atoms with van der Waals surface area (Å²) in [6.45, 7) is 4.45. The summed E-state index contributed by atoms with van der Waals surface area (Å²) in [6, 6.07) is 19.6. The molecular weight excluding hydrogens is 350 g/mol. The first kappa shape index (κ1) is 20.1. The first-order valence-electron chi connectivity index (χ1n) is 10.0. The van der Waals surface area contributed by atoms with Crippen molar-refractivity contribution >= 4 is 17.5 Å². The highest BCUT2D eigenvalue weighted by Crippen LogP contribution is 2.20. The maximum atomic E-state index is 12.4. The standard InChI is InChI=1S/C23H29N3O2/c1-18(19-8-4-2-5-9-19)24-22(27)14-17-26-15-12-20(13-16-26)23(28)25-21-10-6-3-7-11-21/h2-11,18,20H,12-17H2,1H3,(H,24,27)(H,25,28)/t18-/m1/s1. The van der Waals surface area contributed by atoms with E-state index < -0.39 is 0 Å². The molecular formula is C23H29N3O2. The van der Waals surface area contributed by atoms with Crippen molar-refractivity contribution in [3.63, 3.8) is 0 Å². The van der Waals surface area contributed by atoms with Gasteiger partial charge in [0.25, 0.3) is 0 Å². The van der Waals surface area contributed by atoms with Crippen LogP contribution in [0.1, 0.15) is 37.8 Å². The minimum atomic E-state index is 0.0149. The zero-order valence-electron chi connectivity index (χ0n) is 16.4. The first-order chi connectivity index (χ1) is 13.6. The highest BCUT2D eigenvalue weighted by atomic mass is 16.2. The number of rotatable bonds is 7. The summed E-state index contributed by atoms with van der Waals surface area (Å²) in [5.74, 6) is 0.212. The number of carbonyl (C=O) groups excluding carboxylic acids is 2. The molecule has 0 unspecified atom stereocenters. The predicted octanol–water partition coefficient (Wildman–Crippen LogP) is 3.60. The van der Waals surface area contributed by atoms with Crippen molar-refractivity contribution in [2.75, 3.05) is 25.0 Å². The van der Waals surface area contributed by atoms with Gasteiger partial charge in [-0.25, -0.2) is 0 Å². The minimum Gasteiger partial charge on any atom is -0.350 e. The van der Waals surface area contributed by atoms with Crippen LogP contribution in [0.4, 0.5) is 5.69 Å². The number of benzene rings is 2. The van der Waals surface area contributed by atoms with Crippen LogP contribution in [-0.2, 0) is 9.59 Å². The molecule has 148 valence electrons. The summed E-state index contributed by atoms with van der Waals surface area (Å²) in [5.41, 5.74) is 1.96. The van der Waals surface area contributed by atoms with Crippen LogP contribution >= 0.6 is 0 Å². The molecule has 0 spiro atoms. The fourth-order valence-electron chi connectivity index (χ4n) is 3.58. The molecule has 5 nitrogen and oxygen atoms in total. The molecule has 2 N–H and O–H groups in total. The van der Waals surface area contributed by atoms with Gasteiger partial charge < -0.3 is 15.5 Å². The van der Waals surface area contributed by atoms with E-state index >= 15 is 0 Å². The van der Waals surface area contributed by atoms with Gasteiger partial charge in [-0.2, -0.15) is 0 Å². The van der Waals surface area contributed by atoms with Gasteiger partial charge in [-0.1, -0.05) is 48.5 Å². The van der Waals surface area contributed by atoms with E-state index in [-0.39, 0.29) is 23.8 Å². The molecule has 0 aliphatic carbocycles. The Morgan fingerprint density at radius 3 is 2.25 bits per heavy atom. The zero-order chi connectivity index (χ0) is 19.8. The lowest BCUT2D eigenvalue weighted by Crippen LogP contribution is -2.40. The number of nitrogens with one attached hydrogen (secondary N) is 2. The van der Waals surface area contributed by atoms with Gasteiger partial charge in [0.1, 0.15) is 0 Å².